The van der Waals surface area contributed by atoms with Crippen LogP contribution in [0.25, 0.3) is 0 Å². The number of carbonyl (C=O) groups is 3. The number of hydrogen-bond acceptors (Lipinski definition) is 6. The summed E-state index contributed by atoms with van der Waals surface area (Å²) in [6, 6.07) is 7.14. The molecule has 0 radical (unpaired) electrons. The van der Waals surface area contributed by atoms with Crippen molar-refractivity contribution in [3.63, 3.8) is 0 Å². The molecule has 0 aliphatic rings. The van der Waals surface area contributed by atoms with Crippen LogP contribution in [-0.4, -0.2) is 61.5 Å². The smallest absolute Gasteiger partial charge is 0.331 e. The Bertz CT molecular complexity index is 831. The Labute approximate surface area is 216 Å². The maximum atomic E-state index is 12.4. The van der Waals surface area contributed by atoms with Crippen LogP contribution in [0.2, 0.25) is 0 Å². The van der Waals surface area contributed by atoms with E-state index in [0.717, 1.165) is 18.6 Å². The van der Waals surface area contributed by atoms with Crippen LogP contribution in [0.3, 0.4) is 0 Å². The van der Waals surface area contributed by atoms with Gasteiger partial charge in [-0.15, -0.1) is 0 Å². The van der Waals surface area contributed by atoms with Crippen LogP contribution in [0.1, 0.15) is 66.9 Å². The van der Waals surface area contributed by atoms with Gasteiger partial charge in [0.25, 0.3) is 0 Å². The summed E-state index contributed by atoms with van der Waals surface area (Å²) in [6.45, 7) is 15.7. The predicted octanol–water partition coefficient (Wildman–Crippen LogP) is 3.73. The lowest BCUT2D eigenvalue weighted by atomic mass is 10.1. The molecule has 1 aromatic rings. The molecule has 9 heteroatoms. The van der Waals surface area contributed by atoms with Gasteiger partial charge in [-0.25, -0.2) is 9.59 Å². The standard InChI is InChI=1S/C27H45N3O6/c1-19(2)22(18-34-15-9-10-16-35-21-13-11-20(3)12-14-21)29-23(31)17-28-25(33)30-27(7,8)24(32)36-26(4,5)6/h11-14,19,22H,9-10,15-18H2,1-8H3,(H,29,31)(H2,28,30,33)/t22-/m1/s1. The Kier molecular flexibility index (Phi) is 12.7. The summed E-state index contributed by atoms with van der Waals surface area (Å²) in [4.78, 5) is 36.8. The molecule has 0 saturated carbocycles. The highest BCUT2D eigenvalue weighted by Crippen LogP contribution is 2.14. The lowest BCUT2D eigenvalue weighted by molar-refractivity contribution is -0.161. The van der Waals surface area contributed by atoms with E-state index in [1.54, 1.807) is 34.6 Å². The predicted molar refractivity (Wildman–Crippen MR) is 140 cm³/mol. The minimum atomic E-state index is -1.24. The molecule has 0 unspecified atom stereocenters. The fourth-order valence-corrected chi connectivity index (χ4v) is 2.94. The van der Waals surface area contributed by atoms with E-state index in [9.17, 15) is 14.4 Å². The molecular formula is C27H45N3O6. The molecule has 0 heterocycles. The van der Waals surface area contributed by atoms with Crippen molar-refractivity contribution < 1.29 is 28.6 Å². The molecule has 0 aliphatic carbocycles. The third-order valence-electron chi connectivity index (χ3n) is 5.17. The monoisotopic (exact) mass is 507 g/mol. The van der Waals surface area contributed by atoms with Crippen LogP contribution in [0.4, 0.5) is 4.79 Å². The highest BCUT2D eigenvalue weighted by Gasteiger charge is 2.34. The summed E-state index contributed by atoms with van der Waals surface area (Å²) < 4.78 is 16.8. The zero-order valence-corrected chi connectivity index (χ0v) is 23.2. The molecule has 3 amide bonds. The Hall–Kier alpha value is -2.81. The number of ether oxygens (including phenoxy) is 3. The molecule has 36 heavy (non-hydrogen) atoms. The third kappa shape index (κ3) is 13.3. The second kappa shape index (κ2) is 14.7. The number of aryl methyl sites for hydroxylation is 1. The zero-order chi connectivity index (χ0) is 27.4. The number of benzene rings is 1. The highest BCUT2D eigenvalue weighted by atomic mass is 16.6. The van der Waals surface area contributed by atoms with E-state index in [-0.39, 0.29) is 24.4 Å². The second-order valence-electron chi connectivity index (χ2n) is 10.8. The summed E-state index contributed by atoms with van der Waals surface area (Å²) in [5, 5.41) is 7.92. The van der Waals surface area contributed by atoms with Gasteiger partial charge in [-0.05, 0) is 72.4 Å². The van der Waals surface area contributed by atoms with Crippen molar-refractivity contribution in [1.82, 2.24) is 16.0 Å². The average molecular weight is 508 g/mol. The molecular weight excluding hydrogens is 462 g/mol. The van der Waals surface area contributed by atoms with E-state index in [1.807, 2.05) is 45.0 Å². The maximum Gasteiger partial charge on any atom is 0.331 e. The molecule has 0 fully saturated rings. The van der Waals surface area contributed by atoms with Gasteiger partial charge in [0.15, 0.2) is 0 Å². The SMILES string of the molecule is Cc1ccc(OCCCCOC[C@@H](NC(=O)CNC(=O)NC(C)(C)C(=O)OC(C)(C)C)C(C)C)cc1. The molecule has 3 N–H and O–H groups in total. The van der Waals surface area contributed by atoms with Crippen molar-refractivity contribution in [1.29, 1.82) is 0 Å². The molecule has 1 aromatic carbocycles. The summed E-state index contributed by atoms with van der Waals surface area (Å²) in [5.41, 5.74) is -0.716. The lowest BCUT2D eigenvalue weighted by Gasteiger charge is -2.29. The van der Waals surface area contributed by atoms with Crippen LogP contribution in [-0.2, 0) is 19.1 Å². The second-order valence-corrected chi connectivity index (χ2v) is 10.8. The summed E-state index contributed by atoms with van der Waals surface area (Å²) in [7, 11) is 0. The third-order valence-corrected chi connectivity index (χ3v) is 5.17. The lowest BCUT2D eigenvalue weighted by Crippen LogP contribution is -2.56. The number of amides is 3. The minimum Gasteiger partial charge on any atom is -0.494 e. The summed E-state index contributed by atoms with van der Waals surface area (Å²) >= 11 is 0. The van der Waals surface area contributed by atoms with Gasteiger partial charge in [0.05, 0.1) is 25.8 Å². The molecule has 204 valence electrons. The van der Waals surface area contributed by atoms with Gasteiger partial charge in [0.2, 0.25) is 5.91 Å². The molecule has 0 spiro atoms. The van der Waals surface area contributed by atoms with Crippen molar-refractivity contribution in [2.75, 3.05) is 26.4 Å². The maximum absolute atomic E-state index is 12.4. The fraction of sp³-hybridized carbons (Fsp3) is 0.667. The van der Waals surface area contributed by atoms with Crippen LogP contribution in [0.5, 0.6) is 5.75 Å². The summed E-state index contributed by atoms with van der Waals surface area (Å²) in [5.74, 6) is 0.112. The van der Waals surface area contributed by atoms with Gasteiger partial charge >= 0.3 is 12.0 Å². The molecule has 1 rings (SSSR count). The van der Waals surface area contributed by atoms with Gasteiger partial charge in [-0.1, -0.05) is 31.5 Å². The van der Waals surface area contributed by atoms with Crippen molar-refractivity contribution >= 4 is 17.9 Å². The average Bonchev–Trinajstić information content (AvgIpc) is 2.75. The Morgan fingerprint density at radius 3 is 2.14 bits per heavy atom. The molecule has 9 nitrogen and oxygen atoms in total. The van der Waals surface area contributed by atoms with Crippen LogP contribution >= 0.6 is 0 Å². The van der Waals surface area contributed by atoms with E-state index in [2.05, 4.69) is 16.0 Å². The largest absolute Gasteiger partial charge is 0.494 e. The molecule has 0 aromatic heterocycles. The molecule has 0 saturated heterocycles. The van der Waals surface area contributed by atoms with Crippen molar-refractivity contribution in [2.45, 2.75) is 85.4 Å². The zero-order valence-electron chi connectivity index (χ0n) is 23.2. The number of rotatable bonds is 14. The van der Waals surface area contributed by atoms with E-state index in [0.29, 0.717) is 19.8 Å². The quantitative estimate of drug-likeness (QED) is 0.261. The van der Waals surface area contributed by atoms with Gasteiger partial charge in [-0.2, -0.15) is 0 Å². The van der Waals surface area contributed by atoms with E-state index < -0.39 is 23.1 Å². The number of unbranched alkanes of at least 4 members (excludes halogenated alkanes) is 1. The normalized spacial score (nSPS) is 12.6. The first-order valence-electron chi connectivity index (χ1n) is 12.6. The number of carbonyl (C=O) groups excluding carboxylic acids is 3. The number of hydrogen-bond donors (Lipinski definition) is 3. The molecule has 1 atom stereocenters. The van der Waals surface area contributed by atoms with E-state index in [1.165, 1.54) is 5.56 Å². The van der Waals surface area contributed by atoms with Crippen molar-refractivity contribution in [3.8, 4) is 5.75 Å². The Morgan fingerprint density at radius 1 is 0.944 bits per heavy atom. The van der Waals surface area contributed by atoms with Crippen LogP contribution < -0.4 is 20.7 Å². The first-order valence-corrected chi connectivity index (χ1v) is 12.6. The summed E-state index contributed by atoms with van der Waals surface area (Å²) in [6.07, 6.45) is 1.71. The van der Waals surface area contributed by atoms with Gasteiger partial charge in [0.1, 0.15) is 16.9 Å². The van der Waals surface area contributed by atoms with Crippen LogP contribution in [0, 0.1) is 12.8 Å². The minimum absolute atomic E-state index is 0.152. The Balaban J connectivity index is 2.29. The fourth-order valence-electron chi connectivity index (χ4n) is 2.94. The van der Waals surface area contributed by atoms with Crippen molar-refractivity contribution in [2.24, 2.45) is 5.92 Å². The first kappa shape index (κ1) is 31.2. The van der Waals surface area contributed by atoms with Gasteiger partial charge < -0.3 is 30.2 Å². The Morgan fingerprint density at radius 2 is 1.56 bits per heavy atom. The molecule has 0 aliphatic heterocycles. The van der Waals surface area contributed by atoms with Crippen LogP contribution in [0.15, 0.2) is 24.3 Å². The number of urea groups is 1. The number of nitrogens with one attached hydrogen (secondary N) is 3. The highest BCUT2D eigenvalue weighted by molar-refractivity contribution is 5.89. The molecule has 0 bridgehead atoms. The topological polar surface area (TPSA) is 115 Å². The van der Waals surface area contributed by atoms with Crippen molar-refractivity contribution in [3.05, 3.63) is 29.8 Å². The van der Waals surface area contributed by atoms with E-state index in [4.69, 9.17) is 14.2 Å². The first-order chi connectivity index (χ1) is 16.7. The number of esters is 1. The van der Waals surface area contributed by atoms with Gasteiger partial charge in [-0.3, -0.25) is 4.79 Å². The van der Waals surface area contributed by atoms with Gasteiger partial charge in [0, 0.05) is 6.61 Å². The van der Waals surface area contributed by atoms with E-state index >= 15 is 0 Å².